The van der Waals surface area contributed by atoms with E-state index in [-0.39, 0.29) is 5.60 Å². The first kappa shape index (κ1) is 11.8. The summed E-state index contributed by atoms with van der Waals surface area (Å²) in [5.41, 5.74) is 2.25. The van der Waals surface area contributed by atoms with Gasteiger partial charge in [0, 0.05) is 5.56 Å². The Morgan fingerprint density at radius 3 is 2.40 bits per heavy atom. The number of rotatable bonds is 2. The lowest BCUT2D eigenvalue weighted by molar-refractivity contribution is 0.130. The summed E-state index contributed by atoms with van der Waals surface area (Å²) in [6.07, 6.45) is 4.11. The number of hydrogen-bond acceptors (Lipinski definition) is 1. The summed E-state index contributed by atoms with van der Waals surface area (Å²) in [4.78, 5) is 0. The predicted molar refractivity (Wildman–Crippen MR) is 66.3 cm³/mol. The lowest BCUT2D eigenvalue weighted by Gasteiger charge is -2.22. The highest BCUT2D eigenvalue weighted by molar-refractivity contribution is 5.58. The fourth-order valence-electron chi connectivity index (χ4n) is 1.40. The van der Waals surface area contributed by atoms with Crippen LogP contribution in [-0.4, -0.2) is 5.60 Å². The monoisotopic (exact) mass is 204 g/mol. The topological polar surface area (TPSA) is 9.23 Å². The third kappa shape index (κ3) is 3.78. The minimum absolute atomic E-state index is 0.147. The maximum absolute atomic E-state index is 5.89. The van der Waals surface area contributed by atoms with E-state index in [9.17, 15) is 0 Å². The Morgan fingerprint density at radius 1 is 1.20 bits per heavy atom. The van der Waals surface area contributed by atoms with E-state index in [0.717, 1.165) is 11.3 Å². The fourth-order valence-corrected chi connectivity index (χ4v) is 1.40. The van der Waals surface area contributed by atoms with E-state index in [1.54, 1.807) is 0 Å². The first-order chi connectivity index (χ1) is 6.92. The van der Waals surface area contributed by atoms with Crippen LogP contribution in [0.4, 0.5) is 0 Å². The molecular weight excluding hydrogens is 184 g/mol. The smallest absolute Gasteiger partial charge is 0.127 e. The van der Waals surface area contributed by atoms with Gasteiger partial charge in [0.05, 0.1) is 0 Å². The van der Waals surface area contributed by atoms with Gasteiger partial charge in [-0.05, 0) is 46.8 Å². The van der Waals surface area contributed by atoms with Crippen molar-refractivity contribution >= 4 is 6.08 Å². The van der Waals surface area contributed by atoms with Crippen LogP contribution in [-0.2, 0) is 0 Å². The van der Waals surface area contributed by atoms with E-state index in [0.29, 0.717) is 0 Å². The summed E-state index contributed by atoms with van der Waals surface area (Å²) in [6.45, 7) is 10.3. The first-order valence-corrected chi connectivity index (χ1v) is 5.35. The number of hydrogen-bond donors (Lipinski definition) is 0. The molecule has 0 saturated carbocycles. The fraction of sp³-hybridized carbons (Fsp3) is 0.429. The molecule has 0 aliphatic heterocycles. The van der Waals surface area contributed by atoms with Crippen molar-refractivity contribution in [2.75, 3.05) is 0 Å². The molecule has 0 aliphatic carbocycles. The molecular formula is C14H20O. The van der Waals surface area contributed by atoms with Crippen molar-refractivity contribution in [3.63, 3.8) is 0 Å². The van der Waals surface area contributed by atoms with Crippen molar-refractivity contribution < 1.29 is 4.74 Å². The van der Waals surface area contributed by atoms with Gasteiger partial charge in [-0.15, -0.1) is 0 Å². The second-order valence-corrected chi connectivity index (χ2v) is 4.76. The minimum atomic E-state index is -0.147. The molecule has 0 spiro atoms. The van der Waals surface area contributed by atoms with Gasteiger partial charge in [0.2, 0.25) is 0 Å². The number of allylic oxidation sites excluding steroid dienone is 1. The Morgan fingerprint density at radius 2 is 1.87 bits per heavy atom. The molecule has 0 aromatic heterocycles. The zero-order chi connectivity index (χ0) is 11.5. The number of aryl methyl sites for hydroxylation is 1. The summed E-state index contributed by atoms with van der Waals surface area (Å²) < 4.78 is 5.89. The summed E-state index contributed by atoms with van der Waals surface area (Å²) in [5.74, 6) is 0.950. The molecule has 1 nitrogen and oxygen atoms in total. The lowest BCUT2D eigenvalue weighted by Crippen LogP contribution is -2.23. The second-order valence-electron chi connectivity index (χ2n) is 4.76. The van der Waals surface area contributed by atoms with Crippen LogP contribution >= 0.6 is 0 Å². The Labute approximate surface area is 92.8 Å². The zero-order valence-electron chi connectivity index (χ0n) is 10.3. The molecule has 0 N–H and O–H groups in total. The van der Waals surface area contributed by atoms with Crippen molar-refractivity contribution in [2.45, 2.75) is 40.2 Å². The van der Waals surface area contributed by atoms with Gasteiger partial charge in [0.15, 0.2) is 0 Å². The Balaban J connectivity index is 3.06. The van der Waals surface area contributed by atoms with Crippen molar-refractivity contribution in [3.05, 3.63) is 35.4 Å². The molecule has 15 heavy (non-hydrogen) atoms. The van der Waals surface area contributed by atoms with E-state index in [1.165, 1.54) is 5.56 Å². The average Bonchev–Trinajstić information content (AvgIpc) is 2.08. The highest BCUT2D eigenvalue weighted by Crippen LogP contribution is 2.25. The molecule has 1 aromatic carbocycles. The van der Waals surface area contributed by atoms with Gasteiger partial charge in [-0.25, -0.2) is 0 Å². The quantitative estimate of drug-likeness (QED) is 0.701. The molecule has 0 amide bonds. The molecule has 0 fully saturated rings. The number of benzene rings is 1. The number of ether oxygens (including phenoxy) is 1. The average molecular weight is 204 g/mol. The van der Waals surface area contributed by atoms with Gasteiger partial charge in [-0.1, -0.05) is 23.8 Å². The predicted octanol–water partition coefficient (Wildman–Crippen LogP) is 4.21. The van der Waals surface area contributed by atoms with Gasteiger partial charge in [0.25, 0.3) is 0 Å². The van der Waals surface area contributed by atoms with Gasteiger partial charge >= 0.3 is 0 Å². The molecule has 82 valence electrons. The zero-order valence-corrected chi connectivity index (χ0v) is 10.3. The largest absolute Gasteiger partial charge is 0.488 e. The van der Waals surface area contributed by atoms with Crippen molar-refractivity contribution in [3.8, 4) is 5.75 Å². The molecule has 1 heteroatoms. The molecule has 0 aliphatic rings. The van der Waals surface area contributed by atoms with Gasteiger partial charge in [-0.2, -0.15) is 0 Å². The molecule has 0 atom stereocenters. The molecule has 0 radical (unpaired) electrons. The Hall–Kier alpha value is -1.24. The molecule has 1 aromatic rings. The molecule has 0 heterocycles. The van der Waals surface area contributed by atoms with E-state index >= 15 is 0 Å². The normalized spacial score (nSPS) is 12.1. The van der Waals surface area contributed by atoms with Crippen LogP contribution in [0.25, 0.3) is 6.08 Å². The third-order valence-corrected chi connectivity index (χ3v) is 1.93. The van der Waals surface area contributed by atoms with Crippen molar-refractivity contribution in [1.29, 1.82) is 0 Å². The van der Waals surface area contributed by atoms with Crippen LogP contribution in [0.1, 0.15) is 38.8 Å². The first-order valence-electron chi connectivity index (χ1n) is 5.35. The maximum atomic E-state index is 5.89. The lowest BCUT2D eigenvalue weighted by atomic mass is 10.1. The van der Waals surface area contributed by atoms with Crippen LogP contribution in [0.5, 0.6) is 5.75 Å². The Bertz CT molecular complexity index is 356. The standard InChI is InChI=1S/C14H20O/c1-6-7-12-10-11(2)8-9-13(12)15-14(3,4)5/h6-10H,1-5H3/b7-6-. The molecule has 0 unspecified atom stereocenters. The van der Waals surface area contributed by atoms with Crippen LogP contribution < -0.4 is 4.74 Å². The van der Waals surface area contributed by atoms with Crippen molar-refractivity contribution in [2.24, 2.45) is 0 Å². The van der Waals surface area contributed by atoms with E-state index < -0.39 is 0 Å². The summed E-state index contributed by atoms with van der Waals surface area (Å²) in [5, 5.41) is 0. The summed E-state index contributed by atoms with van der Waals surface area (Å²) in [7, 11) is 0. The van der Waals surface area contributed by atoms with E-state index in [2.05, 4.69) is 45.9 Å². The maximum Gasteiger partial charge on any atom is 0.127 e. The van der Waals surface area contributed by atoms with Crippen LogP contribution in [0.2, 0.25) is 0 Å². The molecule has 0 saturated heterocycles. The minimum Gasteiger partial charge on any atom is -0.488 e. The summed E-state index contributed by atoms with van der Waals surface area (Å²) >= 11 is 0. The molecule has 1 rings (SSSR count). The summed E-state index contributed by atoms with van der Waals surface area (Å²) in [6, 6.07) is 6.26. The van der Waals surface area contributed by atoms with Gasteiger partial charge in [0.1, 0.15) is 11.4 Å². The SMILES string of the molecule is C/C=C\c1cc(C)ccc1OC(C)(C)C. The van der Waals surface area contributed by atoms with Gasteiger partial charge < -0.3 is 4.74 Å². The van der Waals surface area contributed by atoms with Crippen LogP contribution in [0, 0.1) is 6.92 Å². The van der Waals surface area contributed by atoms with E-state index in [4.69, 9.17) is 4.74 Å². The third-order valence-electron chi connectivity index (χ3n) is 1.93. The van der Waals surface area contributed by atoms with Crippen molar-refractivity contribution in [1.82, 2.24) is 0 Å². The van der Waals surface area contributed by atoms with Gasteiger partial charge in [-0.3, -0.25) is 0 Å². The highest BCUT2D eigenvalue weighted by Gasteiger charge is 2.13. The van der Waals surface area contributed by atoms with E-state index in [1.807, 2.05) is 19.1 Å². The van der Waals surface area contributed by atoms with Crippen LogP contribution in [0.3, 0.4) is 0 Å². The highest BCUT2D eigenvalue weighted by atomic mass is 16.5. The van der Waals surface area contributed by atoms with Crippen LogP contribution in [0.15, 0.2) is 24.3 Å². The Kier molecular flexibility index (Phi) is 3.57. The molecule has 0 bridgehead atoms. The second kappa shape index (κ2) is 4.52.